The maximum atomic E-state index is 12.3. The van der Waals surface area contributed by atoms with E-state index < -0.39 is 10.0 Å². The van der Waals surface area contributed by atoms with E-state index in [9.17, 15) is 8.42 Å². The van der Waals surface area contributed by atoms with Crippen molar-refractivity contribution in [2.24, 2.45) is 5.92 Å². The van der Waals surface area contributed by atoms with Crippen LogP contribution in [0.3, 0.4) is 0 Å². The van der Waals surface area contributed by atoms with E-state index >= 15 is 0 Å². The van der Waals surface area contributed by atoms with Gasteiger partial charge in [0, 0.05) is 26.7 Å². The van der Waals surface area contributed by atoms with Crippen LogP contribution in [0, 0.1) is 5.92 Å². The number of ether oxygens (including phenoxy) is 1. The van der Waals surface area contributed by atoms with Gasteiger partial charge in [0.2, 0.25) is 10.0 Å². The second-order valence-electron chi connectivity index (χ2n) is 5.76. The third kappa shape index (κ3) is 4.70. The minimum atomic E-state index is -3.13. The molecule has 19 heavy (non-hydrogen) atoms. The third-order valence-corrected chi connectivity index (χ3v) is 6.10. The summed E-state index contributed by atoms with van der Waals surface area (Å²) in [5, 5.41) is 3.23. The maximum absolute atomic E-state index is 12.3. The van der Waals surface area contributed by atoms with Gasteiger partial charge in [0.25, 0.3) is 0 Å². The van der Waals surface area contributed by atoms with E-state index in [0.29, 0.717) is 24.8 Å². The fraction of sp³-hybridized carbons (Fsp3) is 1.00. The number of hydrogen-bond donors (Lipinski definition) is 1. The van der Waals surface area contributed by atoms with Gasteiger partial charge in [0.05, 0.1) is 18.5 Å². The van der Waals surface area contributed by atoms with Crippen molar-refractivity contribution in [2.75, 3.05) is 39.0 Å². The number of morpholine rings is 1. The van der Waals surface area contributed by atoms with Crippen LogP contribution < -0.4 is 5.32 Å². The zero-order valence-corrected chi connectivity index (χ0v) is 12.6. The summed E-state index contributed by atoms with van der Waals surface area (Å²) in [6, 6.07) is 0. The van der Waals surface area contributed by atoms with Crippen molar-refractivity contribution < 1.29 is 13.2 Å². The van der Waals surface area contributed by atoms with E-state index in [2.05, 4.69) is 5.32 Å². The molecule has 5 nitrogen and oxygen atoms in total. The molecule has 0 spiro atoms. The lowest BCUT2D eigenvalue weighted by Crippen LogP contribution is -2.46. The van der Waals surface area contributed by atoms with E-state index in [1.54, 1.807) is 7.05 Å². The molecule has 6 heteroatoms. The summed E-state index contributed by atoms with van der Waals surface area (Å²) in [5.41, 5.74) is 0. The second kappa shape index (κ2) is 7.02. The minimum absolute atomic E-state index is 0.0140. The van der Waals surface area contributed by atoms with Crippen LogP contribution in [0.5, 0.6) is 0 Å². The number of nitrogens with zero attached hydrogens (tertiary/aromatic N) is 1. The summed E-state index contributed by atoms with van der Waals surface area (Å²) in [5.74, 6) is 0.663. The molecule has 1 aliphatic carbocycles. The largest absolute Gasteiger partial charge is 0.374 e. The highest BCUT2D eigenvalue weighted by Crippen LogP contribution is 2.25. The summed E-state index contributed by atoms with van der Waals surface area (Å²) in [6.45, 7) is 2.72. The van der Waals surface area contributed by atoms with Gasteiger partial charge >= 0.3 is 0 Å². The Kier molecular flexibility index (Phi) is 5.62. The predicted octanol–water partition coefficient (Wildman–Crippen LogP) is 0.817. The van der Waals surface area contributed by atoms with Gasteiger partial charge in [0.1, 0.15) is 0 Å². The van der Waals surface area contributed by atoms with Gasteiger partial charge in [-0.2, -0.15) is 0 Å². The second-order valence-corrected chi connectivity index (χ2v) is 7.88. The Balaban J connectivity index is 1.83. The Morgan fingerprint density at radius 3 is 2.63 bits per heavy atom. The Bertz CT molecular complexity index is 360. The normalized spacial score (nSPS) is 26.7. The number of hydrogen-bond acceptors (Lipinski definition) is 4. The molecule has 1 aliphatic heterocycles. The van der Waals surface area contributed by atoms with Crippen LogP contribution in [0.15, 0.2) is 0 Å². The van der Waals surface area contributed by atoms with Crippen LogP contribution in [0.1, 0.15) is 32.1 Å². The van der Waals surface area contributed by atoms with Crippen LogP contribution in [0.25, 0.3) is 0 Å². The molecular formula is C13H26N2O3S. The summed E-state index contributed by atoms with van der Waals surface area (Å²) < 4.78 is 31.7. The average molecular weight is 290 g/mol. The fourth-order valence-corrected chi connectivity index (χ4v) is 4.49. The van der Waals surface area contributed by atoms with Crippen molar-refractivity contribution in [3.05, 3.63) is 0 Å². The van der Waals surface area contributed by atoms with Crippen LogP contribution in [0.4, 0.5) is 0 Å². The minimum Gasteiger partial charge on any atom is -0.374 e. The van der Waals surface area contributed by atoms with E-state index in [4.69, 9.17) is 4.74 Å². The Hall–Kier alpha value is -0.170. The number of rotatable bonds is 5. The highest BCUT2D eigenvalue weighted by atomic mass is 32.2. The van der Waals surface area contributed by atoms with Crippen molar-refractivity contribution >= 4 is 10.0 Å². The quantitative estimate of drug-likeness (QED) is 0.814. The monoisotopic (exact) mass is 290 g/mol. The zero-order valence-electron chi connectivity index (χ0n) is 11.8. The molecule has 1 heterocycles. The molecule has 2 fully saturated rings. The molecule has 0 radical (unpaired) electrons. The van der Waals surface area contributed by atoms with Gasteiger partial charge in [-0.15, -0.1) is 0 Å². The molecule has 0 aromatic heterocycles. The molecule has 0 amide bonds. The first-order chi connectivity index (χ1) is 9.08. The van der Waals surface area contributed by atoms with E-state index in [-0.39, 0.29) is 6.10 Å². The zero-order chi connectivity index (χ0) is 13.7. The lowest BCUT2D eigenvalue weighted by molar-refractivity contribution is 0.0206. The van der Waals surface area contributed by atoms with E-state index in [1.807, 2.05) is 0 Å². The first kappa shape index (κ1) is 15.2. The Morgan fingerprint density at radius 1 is 1.26 bits per heavy atom. The van der Waals surface area contributed by atoms with Crippen molar-refractivity contribution in [3.8, 4) is 0 Å². The summed E-state index contributed by atoms with van der Waals surface area (Å²) in [4.78, 5) is 0. The highest BCUT2D eigenvalue weighted by Gasteiger charge is 2.27. The molecule has 0 aromatic rings. The van der Waals surface area contributed by atoms with Crippen LogP contribution in [-0.4, -0.2) is 57.9 Å². The summed E-state index contributed by atoms with van der Waals surface area (Å²) >= 11 is 0. The number of nitrogens with one attached hydrogen (secondary N) is 1. The fourth-order valence-electron chi connectivity index (χ4n) is 2.92. The van der Waals surface area contributed by atoms with E-state index in [1.165, 1.54) is 23.6 Å². The van der Waals surface area contributed by atoms with Crippen molar-refractivity contribution in [2.45, 2.75) is 38.2 Å². The van der Waals surface area contributed by atoms with Gasteiger partial charge in [-0.1, -0.05) is 19.3 Å². The average Bonchev–Trinajstić information content (AvgIpc) is 2.40. The first-order valence-corrected chi connectivity index (χ1v) is 8.95. The molecule has 0 aromatic carbocycles. The van der Waals surface area contributed by atoms with Gasteiger partial charge in [-0.3, -0.25) is 0 Å². The lowest BCUT2D eigenvalue weighted by atomic mass is 9.91. The molecular weight excluding hydrogens is 264 g/mol. The first-order valence-electron chi connectivity index (χ1n) is 7.34. The standard InChI is InChI=1S/C13H26N2O3S/c1-15(10-13-9-14-7-8-18-13)19(16,17)11-12-5-3-2-4-6-12/h12-14H,2-11H2,1H3. The van der Waals surface area contributed by atoms with Gasteiger partial charge in [-0.25, -0.2) is 12.7 Å². The van der Waals surface area contributed by atoms with E-state index in [0.717, 1.165) is 25.9 Å². The lowest BCUT2D eigenvalue weighted by Gasteiger charge is -2.29. The molecule has 0 bridgehead atoms. The molecule has 112 valence electrons. The molecule has 2 rings (SSSR count). The Morgan fingerprint density at radius 2 is 2.00 bits per heavy atom. The van der Waals surface area contributed by atoms with Gasteiger partial charge in [-0.05, 0) is 18.8 Å². The Labute approximate surface area is 116 Å². The number of likely N-dealkylation sites (N-methyl/N-ethyl adjacent to an activating group) is 1. The van der Waals surface area contributed by atoms with Gasteiger partial charge < -0.3 is 10.1 Å². The van der Waals surface area contributed by atoms with Crippen LogP contribution in [0.2, 0.25) is 0 Å². The maximum Gasteiger partial charge on any atom is 0.214 e. The molecule has 1 saturated heterocycles. The van der Waals surface area contributed by atoms with Crippen molar-refractivity contribution in [1.82, 2.24) is 9.62 Å². The van der Waals surface area contributed by atoms with Crippen molar-refractivity contribution in [1.29, 1.82) is 0 Å². The third-order valence-electron chi connectivity index (χ3n) is 4.11. The van der Waals surface area contributed by atoms with Crippen molar-refractivity contribution in [3.63, 3.8) is 0 Å². The molecule has 1 saturated carbocycles. The number of sulfonamides is 1. The molecule has 2 aliphatic rings. The van der Waals surface area contributed by atoms with Gasteiger partial charge in [0.15, 0.2) is 0 Å². The predicted molar refractivity (Wildman–Crippen MR) is 75.6 cm³/mol. The topological polar surface area (TPSA) is 58.6 Å². The summed E-state index contributed by atoms with van der Waals surface area (Å²) in [6.07, 6.45) is 5.73. The highest BCUT2D eigenvalue weighted by molar-refractivity contribution is 7.89. The van der Waals surface area contributed by atoms with Crippen LogP contribution in [-0.2, 0) is 14.8 Å². The molecule has 1 unspecified atom stereocenters. The van der Waals surface area contributed by atoms with Crippen LogP contribution >= 0.6 is 0 Å². The summed E-state index contributed by atoms with van der Waals surface area (Å²) in [7, 11) is -1.46. The molecule has 1 atom stereocenters. The SMILES string of the molecule is CN(CC1CNCCO1)S(=O)(=O)CC1CCCCC1. The smallest absolute Gasteiger partial charge is 0.214 e. The molecule has 1 N–H and O–H groups in total.